The average Bonchev–Trinajstić information content (AvgIpc) is 2.72. The van der Waals surface area contributed by atoms with Gasteiger partial charge in [0.2, 0.25) is 0 Å². The van der Waals surface area contributed by atoms with E-state index >= 15 is 0 Å². The second kappa shape index (κ2) is 8.58. The fourth-order valence-corrected chi connectivity index (χ4v) is 3.00. The first-order valence-corrected chi connectivity index (χ1v) is 9.71. The number of hydrogen-bond acceptors (Lipinski definition) is 4. The summed E-state index contributed by atoms with van der Waals surface area (Å²) in [4.78, 5) is 9.15. The van der Waals surface area contributed by atoms with Gasteiger partial charge >= 0.3 is 0 Å². The molecule has 0 saturated heterocycles. The normalized spacial score (nSPS) is 12.1. The van der Waals surface area contributed by atoms with Crippen molar-refractivity contribution in [3.8, 4) is 11.5 Å². The van der Waals surface area contributed by atoms with E-state index in [-0.39, 0.29) is 5.60 Å². The van der Waals surface area contributed by atoms with Crippen LogP contribution in [0.2, 0.25) is 0 Å². The number of ether oxygens (including phenoxy) is 2. The van der Waals surface area contributed by atoms with Gasteiger partial charge in [-0.15, -0.1) is 0 Å². The number of methoxy groups -OCH3 is 1. The van der Waals surface area contributed by atoms with E-state index in [1.54, 1.807) is 13.3 Å². The fourth-order valence-electron chi connectivity index (χ4n) is 3.00. The molecule has 0 aliphatic carbocycles. The van der Waals surface area contributed by atoms with Crippen LogP contribution in [0.4, 0.5) is 5.69 Å². The van der Waals surface area contributed by atoms with Crippen LogP contribution in [0, 0.1) is 13.8 Å². The molecule has 0 bridgehead atoms. The highest BCUT2D eigenvalue weighted by Gasteiger charge is 2.20. The van der Waals surface area contributed by atoms with Crippen molar-refractivity contribution in [1.29, 1.82) is 0 Å². The summed E-state index contributed by atoms with van der Waals surface area (Å²) in [6.45, 7) is 10.1. The molecular weight excluding hydrogens is 360 g/mol. The van der Waals surface area contributed by atoms with E-state index < -0.39 is 0 Å². The number of benzene rings is 2. The molecule has 1 aromatic heterocycles. The molecule has 0 radical (unpaired) electrons. The molecule has 0 unspecified atom stereocenters. The number of aromatic nitrogens is 1. The van der Waals surface area contributed by atoms with E-state index in [2.05, 4.69) is 11.1 Å². The van der Waals surface area contributed by atoms with Gasteiger partial charge < -0.3 is 9.47 Å². The molecule has 3 aromatic rings. The molecule has 0 atom stereocenters. The molecule has 4 nitrogen and oxygen atoms in total. The molecule has 0 amide bonds. The number of rotatable bonds is 6. The highest BCUT2D eigenvalue weighted by Crippen LogP contribution is 2.34. The third kappa shape index (κ3) is 4.90. The number of aryl methyl sites for hydroxylation is 2. The first-order valence-electron chi connectivity index (χ1n) is 9.71. The van der Waals surface area contributed by atoms with Crippen molar-refractivity contribution in [3.05, 3.63) is 83.2 Å². The minimum Gasteiger partial charge on any atom is -0.457 e. The van der Waals surface area contributed by atoms with Gasteiger partial charge in [0, 0.05) is 13.3 Å². The lowest BCUT2D eigenvalue weighted by molar-refractivity contribution is 0.0191. The Balaban J connectivity index is 1.88. The van der Waals surface area contributed by atoms with Gasteiger partial charge in [-0.25, -0.2) is 0 Å². The molecule has 3 rings (SSSR count). The molecule has 0 saturated carbocycles. The lowest BCUT2D eigenvalue weighted by atomic mass is 9.98. The molecule has 2 aromatic carbocycles. The van der Waals surface area contributed by atoms with Crippen LogP contribution in [0.15, 0.2) is 65.8 Å². The smallest absolute Gasteiger partial charge is 0.130 e. The second-order valence-corrected chi connectivity index (χ2v) is 7.66. The van der Waals surface area contributed by atoms with Crippen molar-refractivity contribution in [2.45, 2.75) is 40.2 Å². The lowest BCUT2D eigenvalue weighted by Gasteiger charge is -2.24. The van der Waals surface area contributed by atoms with Gasteiger partial charge in [0.15, 0.2) is 0 Å². The Bertz CT molecular complexity index is 1020. The molecule has 0 N–H and O–H groups in total. The van der Waals surface area contributed by atoms with E-state index in [0.717, 1.165) is 45.3 Å². The van der Waals surface area contributed by atoms with E-state index in [1.807, 2.05) is 83.1 Å². The molecule has 0 fully saturated rings. The Morgan fingerprint density at radius 1 is 0.966 bits per heavy atom. The third-order valence-corrected chi connectivity index (χ3v) is 5.08. The van der Waals surface area contributed by atoms with Crippen LogP contribution in [0.1, 0.15) is 43.2 Å². The Hall–Kier alpha value is -2.98. The van der Waals surface area contributed by atoms with Crippen LogP contribution in [0.25, 0.3) is 0 Å². The maximum absolute atomic E-state index is 6.20. The summed E-state index contributed by atoms with van der Waals surface area (Å²) in [5, 5.41) is 0. The van der Waals surface area contributed by atoms with E-state index in [4.69, 9.17) is 14.5 Å². The van der Waals surface area contributed by atoms with Crippen LogP contribution in [-0.2, 0) is 10.3 Å². The SMILES string of the molecule is COC(C)(C)c1cccc(Oc2cc(C)c(N=C(C)c3ccccn3)cc2C)c1. The van der Waals surface area contributed by atoms with Crippen LogP contribution < -0.4 is 4.74 Å². The predicted octanol–water partition coefficient (Wildman–Crippen LogP) is 6.51. The zero-order valence-electron chi connectivity index (χ0n) is 18.0. The Morgan fingerprint density at radius 2 is 1.76 bits per heavy atom. The average molecular weight is 389 g/mol. The molecule has 0 aliphatic heterocycles. The Labute approximate surface area is 173 Å². The predicted molar refractivity (Wildman–Crippen MR) is 119 cm³/mol. The summed E-state index contributed by atoms with van der Waals surface area (Å²) in [5.74, 6) is 1.61. The zero-order valence-corrected chi connectivity index (χ0v) is 18.0. The number of pyridine rings is 1. The standard InChI is InChI=1S/C25H28N2O2/c1-17-15-24(29-21-11-9-10-20(16-21)25(4,5)28-6)18(2)14-23(17)27-19(3)22-12-7-8-13-26-22/h7-16H,1-6H3. The highest BCUT2D eigenvalue weighted by atomic mass is 16.5. The quantitative estimate of drug-likeness (QED) is 0.452. The molecule has 4 heteroatoms. The van der Waals surface area contributed by atoms with Crippen molar-refractivity contribution < 1.29 is 9.47 Å². The number of hydrogen-bond donors (Lipinski definition) is 0. The van der Waals surface area contributed by atoms with Crippen molar-refractivity contribution in [2.75, 3.05) is 7.11 Å². The molecule has 1 heterocycles. The van der Waals surface area contributed by atoms with Gasteiger partial charge in [-0.05, 0) is 87.7 Å². The zero-order chi connectivity index (χ0) is 21.0. The van der Waals surface area contributed by atoms with Gasteiger partial charge in [0.05, 0.1) is 22.7 Å². The maximum Gasteiger partial charge on any atom is 0.130 e. The second-order valence-electron chi connectivity index (χ2n) is 7.66. The largest absolute Gasteiger partial charge is 0.457 e. The Kier molecular flexibility index (Phi) is 6.14. The molecular formula is C25H28N2O2. The van der Waals surface area contributed by atoms with Gasteiger partial charge in [0.25, 0.3) is 0 Å². The van der Waals surface area contributed by atoms with Gasteiger partial charge in [-0.3, -0.25) is 9.98 Å². The summed E-state index contributed by atoms with van der Waals surface area (Å²) in [5.41, 5.74) is 5.46. The summed E-state index contributed by atoms with van der Waals surface area (Å²) in [6.07, 6.45) is 1.78. The molecule has 29 heavy (non-hydrogen) atoms. The van der Waals surface area contributed by atoms with Gasteiger partial charge in [-0.1, -0.05) is 18.2 Å². The number of aliphatic imine (C=N–C) groups is 1. The number of nitrogens with zero attached hydrogens (tertiary/aromatic N) is 2. The van der Waals surface area contributed by atoms with E-state index in [1.165, 1.54) is 0 Å². The minimum absolute atomic E-state index is 0.369. The first kappa shape index (κ1) is 20.7. The van der Waals surface area contributed by atoms with Crippen molar-refractivity contribution in [3.63, 3.8) is 0 Å². The topological polar surface area (TPSA) is 43.7 Å². The molecule has 150 valence electrons. The van der Waals surface area contributed by atoms with Gasteiger partial charge in [0.1, 0.15) is 11.5 Å². The maximum atomic E-state index is 6.20. The molecule has 0 aliphatic rings. The van der Waals surface area contributed by atoms with Crippen LogP contribution >= 0.6 is 0 Å². The summed E-state index contributed by atoms with van der Waals surface area (Å²) >= 11 is 0. The Morgan fingerprint density at radius 3 is 2.45 bits per heavy atom. The fraction of sp³-hybridized carbons (Fsp3) is 0.280. The van der Waals surface area contributed by atoms with E-state index in [9.17, 15) is 0 Å². The monoisotopic (exact) mass is 388 g/mol. The van der Waals surface area contributed by atoms with Crippen molar-refractivity contribution in [1.82, 2.24) is 4.98 Å². The first-order chi connectivity index (χ1) is 13.8. The van der Waals surface area contributed by atoms with Crippen LogP contribution in [-0.4, -0.2) is 17.8 Å². The van der Waals surface area contributed by atoms with Crippen molar-refractivity contribution in [2.24, 2.45) is 4.99 Å². The van der Waals surface area contributed by atoms with Crippen molar-refractivity contribution >= 4 is 11.4 Å². The van der Waals surface area contributed by atoms with Crippen LogP contribution in [0.3, 0.4) is 0 Å². The molecule has 0 spiro atoms. The third-order valence-electron chi connectivity index (χ3n) is 5.08. The summed E-state index contributed by atoms with van der Waals surface area (Å²) in [6, 6.07) is 17.9. The summed E-state index contributed by atoms with van der Waals surface area (Å²) < 4.78 is 11.8. The minimum atomic E-state index is -0.369. The summed E-state index contributed by atoms with van der Waals surface area (Å²) in [7, 11) is 1.72. The lowest BCUT2D eigenvalue weighted by Crippen LogP contribution is -2.19. The highest BCUT2D eigenvalue weighted by molar-refractivity contribution is 5.98. The van der Waals surface area contributed by atoms with Gasteiger partial charge in [-0.2, -0.15) is 0 Å². The van der Waals surface area contributed by atoms with E-state index in [0.29, 0.717) is 0 Å². The van der Waals surface area contributed by atoms with Crippen LogP contribution in [0.5, 0.6) is 11.5 Å².